The van der Waals surface area contributed by atoms with Crippen LogP contribution in [0.3, 0.4) is 0 Å². The van der Waals surface area contributed by atoms with E-state index < -0.39 is 0 Å². The van der Waals surface area contributed by atoms with Gasteiger partial charge in [-0.15, -0.1) is 0 Å². The van der Waals surface area contributed by atoms with Gasteiger partial charge in [0, 0.05) is 6.42 Å². The van der Waals surface area contributed by atoms with Crippen molar-refractivity contribution in [2.75, 3.05) is 5.75 Å². The number of hydrogen-bond donors (Lipinski definition) is 1. The summed E-state index contributed by atoms with van der Waals surface area (Å²) in [6.45, 7) is 1.96. The SMILES string of the molecule is CCSc1nc(C=O)c(Cc2ccccc2)c(=O)[nH]1. The smallest absolute Gasteiger partial charge is 0.255 e. The second kappa shape index (κ2) is 6.33. The average Bonchev–Trinajstić information content (AvgIpc) is 2.43. The van der Waals surface area contributed by atoms with Crippen molar-refractivity contribution in [1.29, 1.82) is 0 Å². The fraction of sp³-hybridized carbons (Fsp3) is 0.214. The van der Waals surface area contributed by atoms with E-state index in [9.17, 15) is 9.59 Å². The number of rotatable bonds is 5. The minimum Gasteiger partial charge on any atom is -0.301 e. The van der Waals surface area contributed by atoms with Gasteiger partial charge in [-0.3, -0.25) is 9.59 Å². The van der Waals surface area contributed by atoms with E-state index in [1.165, 1.54) is 11.8 Å². The van der Waals surface area contributed by atoms with Crippen LogP contribution in [0.5, 0.6) is 0 Å². The predicted octanol–water partition coefficient (Wildman–Crippen LogP) is 2.29. The highest BCUT2D eigenvalue weighted by Gasteiger charge is 2.11. The monoisotopic (exact) mass is 274 g/mol. The van der Waals surface area contributed by atoms with Gasteiger partial charge in [-0.05, 0) is 11.3 Å². The van der Waals surface area contributed by atoms with Gasteiger partial charge in [-0.25, -0.2) is 4.98 Å². The number of nitrogens with one attached hydrogen (secondary N) is 1. The number of aldehydes is 1. The summed E-state index contributed by atoms with van der Waals surface area (Å²) in [5.41, 5.74) is 1.39. The first-order chi connectivity index (χ1) is 9.24. The molecule has 0 atom stereocenters. The quantitative estimate of drug-likeness (QED) is 0.516. The van der Waals surface area contributed by atoms with E-state index in [0.29, 0.717) is 23.4 Å². The molecule has 0 aliphatic carbocycles. The molecule has 0 spiro atoms. The van der Waals surface area contributed by atoms with Crippen molar-refractivity contribution in [1.82, 2.24) is 9.97 Å². The molecular formula is C14H14N2O2S. The lowest BCUT2D eigenvalue weighted by molar-refractivity contribution is 0.111. The van der Waals surface area contributed by atoms with Gasteiger partial charge in [0.1, 0.15) is 5.69 Å². The molecule has 0 bridgehead atoms. The lowest BCUT2D eigenvalue weighted by Crippen LogP contribution is -2.19. The Labute approximate surface area is 115 Å². The maximum absolute atomic E-state index is 12.0. The molecule has 4 nitrogen and oxygen atoms in total. The van der Waals surface area contributed by atoms with E-state index in [4.69, 9.17) is 0 Å². The van der Waals surface area contributed by atoms with Gasteiger partial charge in [0.05, 0.1) is 5.56 Å². The van der Waals surface area contributed by atoms with Crippen molar-refractivity contribution in [2.24, 2.45) is 0 Å². The average molecular weight is 274 g/mol. The Hall–Kier alpha value is -1.88. The summed E-state index contributed by atoms with van der Waals surface area (Å²) in [5.74, 6) is 0.791. The first-order valence-electron chi connectivity index (χ1n) is 5.99. The standard InChI is InChI=1S/C14H14N2O2S/c1-2-19-14-15-12(9-17)11(13(18)16-14)8-10-6-4-3-5-7-10/h3-7,9H,2,8H2,1H3,(H,15,16,18). The Morgan fingerprint density at radius 3 is 2.68 bits per heavy atom. The number of carbonyl (C=O) groups is 1. The van der Waals surface area contributed by atoms with Crippen LogP contribution in [-0.2, 0) is 6.42 Å². The molecule has 98 valence electrons. The fourth-order valence-corrected chi connectivity index (χ4v) is 2.37. The van der Waals surface area contributed by atoms with Crippen molar-refractivity contribution in [3.8, 4) is 0 Å². The van der Waals surface area contributed by atoms with E-state index in [1.54, 1.807) is 0 Å². The van der Waals surface area contributed by atoms with Crippen LogP contribution in [0.25, 0.3) is 0 Å². The summed E-state index contributed by atoms with van der Waals surface area (Å²) in [6.07, 6.45) is 1.06. The number of aromatic nitrogens is 2. The molecule has 0 fully saturated rings. The Balaban J connectivity index is 2.40. The van der Waals surface area contributed by atoms with Crippen molar-refractivity contribution in [3.05, 3.63) is 57.5 Å². The van der Waals surface area contributed by atoms with Gasteiger partial charge in [0.15, 0.2) is 11.4 Å². The number of H-pyrrole nitrogens is 1. The second-order valence-electron chi connectivity index (χ2n) is 3.95. The van der Waals surface area contributed by atoms with Gasteiger partial charge in [-0.2, -0.15) is 0 Å². The van der Waals surface area contributed by atoms with Crippen LogP contribution in [0.2, 0.25) is 0 Å². The van der Waals surface area contributed by atoms with Gasteiger partial charge in [-0.1, -0.05) is 49.0 Å². The Morgan fingerprint density at radius 1 is 1.32 bits per heavy atom. The van der Waals surface area contributed by atoms with Crippen LogP contribution >= 0.6 is 11.8 Å². The molecule has 0 radical (unpaired) electrons. The molecule has 1 aromatic heterocycles. The van der Waals surface area contributed by atoms with Crippen molar-refractivity contribution >= 4 is 18.0 Å². The number of hydrogen-bond acceptors (Lipinski definition) is 4. The summed E-state index contributed by atoms with van der Waals surface area (Å²) < 4.78 is 0. The maximum atomic E-state index is 12.0. The van der Waals surface area contributed by atoms with Crippen LogP contribution in [-0.4, -0.2) is 22.0 Å². The lowest BCUT2D eigenvalue weighted by Gasteiger charge is -2.05. The molecule has 0 aliphatic rings. The zero-order valence-electron chi connectivity index (χ0n) is 10.6. The summed E-state index contributed by atoms with van der Waals surface area (Å²) in [7, 11) is 0. The minimum atomic E-state index is -0.239. The molecule has 2 aromatic rings. The second-order valence-corrected chi connectivity index (χ2v) is 5.20. The molecular weight excluding hydrogens is 260 g/mol. The first kappa shape index (κ1) is 13.5. The summed E-state index contributed by atoms with van der Waals surface area (Å²) >= 11 is 1.41. The zero-order valence-corrected chi connectivity index (χ0v) is 11.4. The third-order valence-corrected chi connectivity index (χ3v) is 3.40. The number of carbonyl (C=O) groups excluding carboxylic acids is 1. The van der Waals surface area contributed by atoms with Crippen LogP contribution in [0.1, 0.15) is 28.5 Å². The van der Waals surface area contributed by atoms with E-state index in [2.05, 4.69) is 9.97 Å². The summed E-state index contributed by atoms with van der Waals surface area (Å²) in [6, 6.07) is 9.55. The predicted molar refractivity (Wildman–Crippen MR) is 75.9 cm³/mol. The molecule has 1 heterocycles. The fourth-order valence-electron chi connectivity index (χ4n) is 1.77. The van der Waals surface area contributed by atoms with Gasteiger partial charge in [0.25, 0.3) is 5.56 Å². The summed E-state index contributed by atoms with van der Waals surface area (Å²) in [4.78, 5) is 30.0. The molecule has 1 N–H and O–H groups in total. The van der Waals surface area contributed by atoms with Crippen LogP contribution in [0.15, 0.2) is 40.3 Å². The van der Waals surface area contributed by atoms with Crippen molar-refractivity contribution in [3.63, 3.8) is 0 Å². The van der Waals surface area contributed by atoms with Crippen molar-refractivity contribution < 1.29 is 4.79 Å². The largest absolute Gasteiger partial charge is 0.301 e. The molecule has 0 saturated heterocycles. The highest BCUT2D eigenvalue weighted by molar-refractivity contribution is 7.99. The third-order valence-electron chi connectivity index (χ3n) is 2.64. The van der Waals surface area contributed by atoms with Gasteiger partial charge < -0.3 is 4.98 Å². The summed E-state index contributed by atoms with van der Waals surface area (Å²) in [5, 5.41) is 0.492. The van der Waals surface area contributed by atoms with E-state index in [0.717, 1.165) is 11.3 Å². The zero-order chi connectivity index (χ0) is 13.7. The number of thioether (sulfide) groups is 1. The Morgan fingerprint density at radius 2 is 2.05 bits per heavy atom. The number of nitrogens with zero attached hydrogens (tertiary/aromatic N) is 1. The third kappa shape index (κ3) is 3.32. The topological polar surface area (TPSA) is 62.8 Å². The van der Waals surface area contributed by atoms with Gasteiger partial charge in [0.2, 0.25) is 0 Å². The van der Waals surface area contributed by atoms with Crippen molar-refractivity contribution in [2.45, 2.75) is 18.5 Å². The number of aromatic amines is 1. The van der Waals surface area contributed by atoms with E-state index in [1.807, 2.05) is 37.3 Å². The maximum Gasteiger partial charge on any atom is 0.255 e. The molecule has 0 amide bonds. The molecule has 2 rings (SSSR count). The van der Waals surface area contributed by atoms with E-state index in [-0.39, 0.29) is 11.3 Å². The highest BCUT2D eigenvalue weighted by atomic mass is 32.2. The molecule has 1 aromatic carbocycles. The van der Waals surface area contributed by atoms with Crippen LogP contribution in [0.4, 0.5) is 0 Å². The van der Waals surface area contributed by atoms with E-state index >= 15 is 0 Å². The molecule has 5 heteroatoms. The minimum absolute atomic E-state index is 0.226. The first-order valence-corrected chi connectivity index (χ1v) is 6.98. The molecule has 0 saturated carbocycles. The highest BCUT2D eigenvalue weighted by Crippen LogP contribution is 2.13. The molecule has 0 unspecified atom stereocenters. The molecule has 19 heavy (non-hydrogen) atoms. The lowest BCUT2D eigenvalue weighted by atomic mass is 10.1. The number of benzene rings is 1. The Bertz CT molecular complexity index is 623. The Kier molecular flexibility index (Phi) is 4.52. The normalized spacial score (nSPS) is 10.4. The van der Waals surface area contributed by atoms with Crippen LogP contribution in [0, 0.1) is 0 Å². The van der Waals surface area contributed by atoms with Crippen LogP contribution < -0.4 is 5.56 Å². The van der Waals surface area contributed by atoms with Gasteiger partial charge >= 0.3 is 0 Å². The molecule has 0 aliphatic heterocycles.